The molecule has 0 heterocycles. The fourth-order valence-corrected chi connectivity index (χ4v) is 2.67. The summed E-state index contributed by atoms with van der Waals surface area (Å²) in [7, 11) is 0. The Kier molecular flexibility index (Phi) is 5.45. The normalized spacial score (nSPS) is 16.7. The number of benzene rings is 1. The van der Waals surface area contributed by atoms with Gasteiger partial charge in [0.05, 0.1) is 0 Å². The maximum absolute atomic E-state index is 13.0. The lowest BCUT2D eigenvalue weighted by atomic mass is 10.0. The fraction of sp³-hybridized carbons (Fsp3) is 0.579. The van der Waals surface area contributed by atoms with Gasteiger partial charge in [0.15, 0.2) is 0 Å². The van der Waals surface area contributed by atoms with Gasteiger partial charge in [-0.3, -0.25) is 9.59 Å². The van der Waals surface area contributed by atoms with Crippen LogP contribution in [0.15, 0.2) is 30.3 Å². The van der Waals surface area contributed by atoms with Gasteiger partial charge < -0.3 is 10.2 Å². The zero-order valence-electron chi connectivity index (χ0n) is 14.6. The molecule has 0 aliphatic heterocycles. The Labute approximate surface area is 139 Å². The monoisotopic (exact) mass is 316 g/mol. The third kappa shape index (κ3) is 3.92. The van der Waals surface area contributed by atoms with Crippen LogP contribution in [0.4, 0.5) is 0 Å². The molecule has 2 amide bonds. The molecule has 1 saturated carbocycles. The molecule has 126 valence electrons. The average molecular weight is 316 g/mol. The zero-order valence-corrected chi connectivity index (χ0v) is 14.6. The SMILES string of the molecule is CCC(C)NC(=O)C1(C(=O)N(Cc2ccccc2)C(C)C)CC1. The molecule has 1 aliphatic rings. The van der Waals surface area contributed by atoms with E-state index < -0.39 is 5.41 Å². The van der Waals surface area contributed by atoms with Crippen LogP contribution >= 0.6 is 0 Å². The van der Waals surface area contributed by atoms with Crippen LogP contribution in [0.3, 0.4) is 0 Å². The van der Waals surface area contributed by atoms with Gasteiger partial charge in [-0.1, -0.05) is 37.3 Å². The van der Waals surface area contributed by atoms with Crippen LogP contribution in [0.2, 0.25) is 0 Å². The average Bonchev–Trinajstić information content (AvgIpc) is 3.34. The van der Waals surface area contributed by atoms with Gasteiger partial charge in [-0.2, -0.15) is 0 Å². The van der Waals surface area contributed by atoms with Crippen molar-refractivity contribution in [2.75, 3.05) is 0 Å². The summed E-state index contributed by atoms with van der Waals surface area (Å²) in [6.45, 7) is 8.56. The smallest absolute Gasteiger partial charge is 0.238 e. The molecule has 1 aromatic carbocycles. The molecule has 0 bridgehead atoms. The van der Waals surface area contributed by atoms with E-state index in [0.29, 0.717) is 19.4 Å². The molecule has 1 fully saturated rings. The third-order valence-electron chi connectivity index (χ3n) is 4.66. The standard InChI is InChI=1S/C19H28N2O2/c1-5-15(4)20-17(22)19(11-12-19)18(23)21(14(2)3)13-16-9-7-6-8-10-16/h6-10,14-15H,5,11-13H2,1-4H3,(H,20,22). The van der Waals surface area contributed by atoms with Gasteiger partial charge in [0, 0.05) is 18.6 Å². The zero-order chi connectivity index (χ0) is 17.0. The van der Waals surface area contributed by atoms with Crippen molar-refractivity contribution in [2.45, 2.75) is 65.6 Å². The highest BCUT2D eigenvalue weighted by Gasteiger charge is 2.58. The van der Waals surface area contributed by atoms with E-state index in [2.05, 4.69) is 5.32 Å². The Morgan fingerprint density at radius 3 is 2.26 bits per heavy atom. The molecule has 1 aromatic rings. The molecule has 4 heteroatoms. The summed E-state index contributed by atoms with van der Waals surface area (Å²) in [6, 6.07) is 10.1. The number of hydrogen-bond donors (Lipinski definition) is 1. The van der Waals surface area contributed by atoms with Gasteiger partial charge in [-0.05, 0) is 45.6 Å². The molecule has 1 aliphatic carbocycles. The predicted octanol–water partition coefficient (Wildman–Crippen LogP) is 3.12. The molecule has 0 aromatic heterocycles. The number of rotatable bonds is 7. The van der Waals surface area contributed by atoms with E-state index in [9.17, 15) is 9.59 Å². The molecule has 0 radical (unpaired) electrons. The fourth-order valence-electron chi connectivity index (χ4n) is 2.67. The van der Waals surface area contributed by atoms with Crippen LogP contribution < -0.4 is 5.32 Å². The van der Waals surface area contributed by atoms with E-state index >= 15 is 0 Å². The number of carbonyl (C=O) groups excluding carboxylic acids is 2. The largest absolute Gasteiger partial charge is 0.353 e. The molecule has 1 N–H and O–H groups in total. The summed E-state index contributed by atoms with van der Waals surface area (Å²) < 4.78 is 0. The molecule has 1 unspecified atom stereocenters. The molecule has 0 saturated heterocycles. The van der Waals surface area contributed by atoms with Crippen molar-refractivity contribution < 1.29 is 9.59 Å². The summed E-state index contributed by atoms with van der Waals surface area (Å²) in [5.41, 5.74) is 0.260. The minimum atomic E-state index is -0.831. The number of hydrogen-bond acceptors (Lipinski definition) is 2. The van der Waals surface area contributed by atoms with Crippen molar-refractivity contribution in [3.63, 3.8) is 0 Å². The number of nitrogens with one attached hydrogen (secondary N) is 1. The maximum Gasteiger partial charge on any atom is 0.238 e. The van der Waals surface area contributed by atoms with Crippen molar-refractivity contribution in [2.24, 2.45) is 5.41 Å². The summed E-state index contributed by atoms with van der Waals surface area (Å²) in [6.07, 6.45) is 2.19. The minimum Gasteiger partial charge on any atom is -0.353 e. The van der Waals surface area contributed by atoms with Crippen LogP contribution in [0.5, 0.6) is 0 Å². The number of carbonyl (C=O) groups is 2. The maximum atomic E-state index is 13.0. The highest BCUT2D eigenvalue weighted by molar-refractivity contribution is 6.08. The van der Waals surface area contributed by atoms with Crippen LogP contribution in [0, 0.1) is 5.41 Å². The highest BCUT2D eigenvalue weighted by atomic mass is 16.2. The molecule has 0 spiro atoms. The first-order chi connectivity index (χ1) is 10.9. The molecular weight excluding hydrogens is 288 g/mol. The Hall–Kier alpha value is -1.84. The van der Waals surface area contributed by atoms with E-state index in [1.807, 2.05) is 62.9 Å². The van der Waals surface area contributed by atoms with Crippen molar-refractivity contribution >= 4 is 11.8 Å². The minimum absolute atomic E-state index is 0.0304. The molecule has 4 nitrogen and oxygen atoms in total. The van der Waals surface area contributed by atoms with Gasteiger partial charge in [-0.15, -0.1) is 0 Å². The molecular formula is C19H28N2O2. The number of amides is 2. The van der Waals surface area contributed by atoms with Gasteiger partial charge in [0.1, 0.15) is 5.41 Å². The molecule has 2 rings (SSSR count). The number of nitrogens with zero attached hydrogens (tertiary/aromatic N) is 1. The van der Waals surface area contributed by atoms with Crippen LogP contribution in [0.25, 0.3) is 0 Å². The van der Waals surface area contributed by atoms with E-state index in [1.165, 1.54) is 0 Å². The quantitative estimate of drug-likeness (QED) is 0.786. The van der Waals surface area contributed by atoms with Gasteiger partial charge in [0.25, 0.3) is 0 Å². The van der Waals surface area contributed by atoms with Crippen molar-refractivity contribution in [1.82, 2.24) is 10.2 Å². The molecule has 1 atom stereocenters. The summed E-state index contributed by atoms with van der Waals surface area (Å²) in [5, 5.41) is 2.98. The van der Waals surface area contributed by atoms with Gasteiger partial charge in [0.2, 0.25) is 11.8 Å². The van der Waals surface area contributed by atoms with Crippen LogP contribution in [-0.4, -0.2) is 28.8 Å². The van der Waals surface area contributed by atoms with E-state index in [-0.39, 0.29) is 23.9 Å². The van der Waals surface area contributed by atoms with Crippen molar-refractivity contribution in [1.29, 1.82) is 0 Å². The lowest BCUT2D eigenvalue weighted by Gasteiger charge is -2.31. The second-order valence-corrected chi connectivity index (χ2v) is 6.88. The lowest BCUT2D eigenvalue weighted by molar-refractivity contribution is -0.146. The topological polar surface area (TPSA) is 49.4 Å². The van der Waals surface area contributed by atoms with Crippen LogP contribution in [-0.2, 0) is 16.1 Å². The lowest BCUT2D eigenvalue weighted by Crippen LogP contribution is -2.49. The van der Waals surface area contributed by atoms with E-state index in [4.69, 9.17) is 0 Å². The van der Waals surface area contributed by atoms with Gasteiger partial charge >= 0.3 is 0 Å². The van der Waals surface area contributed by atoms with Crippen molar-refractivity contribution in [3.8, 4) is 0 Å². The van der Waals surface area contributed by atoms with Crippen LogP contribution in [0.1, 0.15) is 52.5 Å². The second kappa shape index (κ2) is 7.16. The second-order valence-electron chi connectivity index (χ2n) is 6.88. The Morgan fingerprint density at radius 1 is 1.17 bits per heavy atom. The Bertz CT molecular complexity index is 550. The summed E-state index contributed by atoms with van der Waals surface area (Å²) in [5.74, 6) is -0.132. The first-order valence-corrected chi connectivity index (χ1v) is 8.56. The first-order valence-electron chi connectivity index (χ1n) is 8.56. The summed E-state index contributed by atoms with van der Waals surface area (Å²) >= 11 is 0. The van der Waals surface area contributed by atoms with Crippen molar-refractivity contribution in [3.05, 3.63) is 35.9 Å². The van der Waals surface area contributed by atoms with E-state index in [0.717, 1.165) is 12.0 Å². The highest BCUT2D eigenvalue weighted by Crippen LogP contribution is 2.48. The molecule has 23 heavy (non-hydrogen) atoms. The Balaban J connectivity index is 2.13. The Morgan fingerprint density at radius 2 is 1.78 bits per heavy atom. The third-order valence-corrected chi connectivity index (χ3v) is 4.66. The first kappa shape index (κ1) is 17.5. The van der Waals surface area contributed by atoms with Gasteiger partial charge in [-0.25, -0.2) is 0 Å². The predicted molar refractivity (Wildman–Crippen MR) is 91.7 cm³/mol. The summed E-state index contributed by atoms with van der Waals surface area (Å²) in [4.78, 5) is 27.4. The van der Waals surface area contributed by atoms with E-state index in [1.54, 1.807) is 0 Å².